The summed E-state index contributed by atoms with van der Waals surface area (Å²) in [7, 11) is 0. The molecule has 0 spiro atoms. The van der Waals surface area contributed by atoms with Crippen molar-refractivity contribution < 1.29 is 9.90 Å². The number of rotatable bonds is 3. The summed E-state index contributed by atoms with van der Waals surface area (Å²) in [4.78, 5) is 10.3. The molecule has 0 saturated carbocycles. The van der Waals surface area contributed by atoms with Gasteiger partial charge in [-0.2, -0.15) is 0 Å². The van der Waals surface area contributed by atoms with Gasteiger partial charge in [-0.05, 0) is 37.3 Å². The van der Waals surface area contributed by atoms with Crippen LogP contribution in [-0.2, 0) is 4.79 Å². The number of hydrogen-bond acceptors (Lipinski definition) is 2. The molecule has 0 bridgehead atoms. The van der Waals surface area contributed by atoms with Crippen molar-refractivity contribution >= 4 is 6.29 Å². The number of aliphatic hydroxyl groups is 1. The molecule has 2 nitrogen and oxygen atoms in total. The predicted molar refractivity (Wildman–Crippen MR) is 70.6 cm³/mol. The van der Waals surface area contributed by atoms with Gasteiger partial charge < -0.3 is 5.11 Å². The lowest BCUT2D eigenvalue weighted by molar-refractivity contribution is -0.104. The van der Waals surface area contributed by atoms with Gasteiger partial charge in [-0.3, -0.25) is 4.79 Å². The average Bonchev–Trinajstić information content (AvgIpc) is 2.14. The molecule has 1 aliphatic rings. The van der Waals surface area contributed by atoms with E-state index in [1.54, 1.807) is 6.08 Å². The molecule has 0 aromatic carbocycles. The van der Waals surface area contributed by atoms with E-state index in [9.17, 15) is 9.90 Å². The molecule has 1 aliphatic carbocycles. The third-order valence-electron chi connectivity index (χ3n) is 3.41. The molecule has 0 aliphatic heterocycles. The Morgan fingerprint density at radius 1 is 1.53 bits per heavy atom. The lowest BCUT2D eigenvalue weighted by Crippen LogP contribution is -2.32. The Morgan fingerprint density at radius 3 is 2.71 bits per heavy atom. The van der Waals surface area contributed by atoms with E-state index >= 15 is 0 Å². The van der Waals surface area contributed by atoms with Crippen LogP contribution in [0.15, 0.2) is 35.5 Å². The first-order valence-electron chi connectivity index (χ1n) is 6.03. The van der Waals surface area contributed by atoms with Crippen LogP contribution >= 0.6 is 0 Å². The molecule has 0 saturated heterocycles. The Kier molecular flexibility index (Phi) is 4.47. The zero-order valence-corrected chi connectivity index (χ0v) is 11.1. The Labute approximate surface area is 104 Å². The van der Waals surface area contributed by atoms with Crippen molar-refractivity contribution in [2.45, 2.75) is 40.2 Å². The fourth-order valence-electron chi connectivity index (χ4n) is 2.57. The number of hydrogen-bond donors (Lipinski definition) is 1. The van der Waals surface area contributed by atoms with E-state index in [0.29, 0.717) is 5.92 Å². The molecule has 1 N–H and O–H groups in total. The van der Waals surface area contributed by atoms with Gasteiger partial charge in [0.25, 0.3) is 0 Å². The van der Waals surface area contributed by atoms with E-state index in [4.69, 9.17) is 0 Å². The van der Waals surface area contributed by atoms with E-state index in [1.165, 1.54) is 5.57 Å². The molecule has 0 aromatic rings. The van der Waals surface area contributed by atoms with Gasteiger partial charge in [-0.15, -0.1) is 0 Å². The van der Waals surface area contributed by atoms with E-state index in [1.807, 2.05) is 19.1 Å². The molecule has 2 atom stereocenters. The molecule has 1 rings (SSSR count). The van der Waals surface area contributed by atoms with Crippen molar-refractivity contribution in [1.82, 2.24) is 0 Å². The molecule has 0 heterocycles. The molecule has 17 heavy (non-hydrogen) atoms. The van der Waals surface area contributed by atoms with Gasteiger partial charge in [0.2, 0.25) is 0 Å². The summed E-state index contributed by atoms with van der Waals surface area (Å²) in [6.45, 7) is 8.30. The summed E-state index contributed by atoms with van der Waals surface area (Å²) >= 11 is 0. The highest BCUT2D eigenvalue weighted by molar-refractivity contribution is 5.66. The summed E-state index contributed by atoms with van der Waals surface area (Å²) < 4.78 is 0. The van der Waals surface area contributed by atoms with Crippen LogP contribution in [0.4, 0.5) is 0 Å². The minimum Gasteiger partial charge on any atom is -0.389 e. The van der Waals surface area contributed by atoms with Crippen LogP contribution in [-0.4, -0.2) is 17.5 Å². The summed E-state index contributed by atoms with van der Waals surface area (Å²) in [6.07, 6.45) is 8.84. The second-order valence-corrected chi connectivity index (χ2v) is 5.55. The summed E-state index contributed by atoms with van der Waals surface area (Å²) in [5.74, 6) is 0.320. The van der Waals surface area contributed by atoms with E-state index < -0.39 is 0 Å². The fourth-order valence-corrected chi connectivity index (χ4v) is 2.57. The van der Waals surface area contributed by atoms with Gasteiger partial charge in [0.05, 0.1) is 6.10 Å². The van der Waals surface area contributed by atoms with Gasteiger partial charge in [0.1, 0.15) is 6.29 Å². The zero-order chi connectivity index (χ0) is 13.1. The standard InChI is InChI=1S/C15H22O2/c1-11(7-8-16)5-6-14-12(2)9-13(17)10-15(14,3)4/h5-9,13-14,17H,10H2,1-4H3/t13-,14+/m0/s1. The van der Waals surface area contributed by atoms with Crippen LogP contribution in [0.2, 0.25) is 0 Å². The Balaban J connectivity index is 2.92. The lowest BCUT2D eigenvalue weighted by Gasteiger charge is -2.38. The largest absolute Gasteiger partial charge is 0.389 e. The smallest absolute Gasteiger partial charge is 0.143 e. The number of allylic oxidation sites excluding steroid dienone is 5. The molecule has 0 aromatic heterocycles. The molecule has 0 fully saturated rings. The molecular weight excluding hydrogens is 212 g/mol. The van der Waals surface area contributed by atoms with Crippen molar-refractivity contribution in [2.75, 3.05) is 0 Å². The maximum absolute atomic E-state index is 10.3. The van der Waals surface area contributed by atoms with Gasteiger partial charge in [-0.1, -0.05) is 37.6 Å². The van der Waals surface area contributed by atoms with Crippen LogP contribution in [0.1, 0.15) is 34.1 Å². The number of aliphatic hydroxyl groups excluding tert-OH is 1. The monoisotopic (exact) mass is 234 g/mol. The minimum absolute atomic E-state index is 0.0518. The number of carbonyl (C=O) groups is 1. The third-order valence-corrected chi connectivity index (χ3v) is 3.41. The second kappa shape index (κ2) is 5.46. The first-order valence-corrected chi connectivity index (χ1v) is 6.03. The van der Waals surface area contributed by atoms with Crippen LogP contribution in [0.3, 0.4) is 0 Å². The van der Waals surface area contributed by atoms with Crippen LogP contribution in [0.25, 0.3) is 0 Å². The zero-order valence-electron chi connectivity index (χ0n) is 11.1. The van der Waals surface area contributed by atoms with E-state index in [-0.39, 0.29) is 11.5 Å². The summed E-state index contributed by atoms with van der Waals surface area (Å²) in [6, 6.07) is 0. The highest BCUT2D eigenvalue weighted by Crippen LogP contribution is 2.41. The molecule has 2 heteroatoms. The van der Waals surface area contributed by atoms with Crippen molar-refractivity contribution in [2.24, 2.45) is 11.3 Å². The van der Waals surface area contributed by atoms with Crippen LogP contribution in [0, 0.1) is 11.3 Å². The normalized spacial score (nSPS) is 29.2. The Hall–Kier alpha value is -1.15. The maximum Gasteiger partial charge on any atom is 0.143 e. The highest BCUT2D eigenvalue weighted by Gasteiger charge is 2.34. The first-order chi connectivity index (χ1) is 7.86. The number of carbonyl (C=O) groups excluding carboxylic acids is 1. The highest BCUT2D eigenvalue weighted by atomic mass is 16.3. The molecule has 0 radical (unpaired) electrons. The van der Waals surface area contributed by atoms with Gasteiger partial charge in [0, 0.05) is 5.92 Å². The first kappa shape index (κ1) is 13.9. The second-order valence-electron chi connectivity index (χ2n) is 5.55. The van der Waals surface area contributed by atoms with Crippen LogP contribution in [0.5, 0.6) is 0 Å². The summed E-state index contributed by atoms with van der Waals surface area (Å²) in [5.41, 5.74) is 2.20. The SMILES string of the molecule is CC(C=C[C@@H]1C(C)=C[C@H](O)CC1(C)C)=CC=O. The molecule has 0 amide bonds. The van der Waals surface area contributed by atoms with E-state index in [2.05, 4.69) is 26.8 Å². The minimum atomic E-state index is -0.332. The predicted octanol–water partition coefficient (Wildman–Crippen LogP) is 3.04. The average molecular weight is 234 g/mol. The summed E-state index contributed by atoms with van der Waals surface area (Å²) in [5, 5.41) is 9.74. The van der Waals surface area contributed by atoms with Crippen molar-refractivity contribution in [3.63, 3.8) is 0 Å². The Morgan fingerprint density at radius 2 is 2.18 bits per heavy atom. The van der Waals surface area contributed by atoms with E-state index in [0.717, 1.165) is 18.3 Å². The lowest BCUT2D eigenvalue weighted by atomic mass is 9.67. The van der Waals surface area contributed by atoms with Gasteiger partial charge >= 0.3 is 0 Å². The Bertz CT molecular complexity index is 372. The fraction of sp³-hybridized carbons (Fsp3) is 0.533. The topological polar surface area (TPSA) is 37.3 Å². The van der Waals surface area contributed by atoms with Crippen molar-refractivity contribution in [3.8, 4) is 0 Å². The van der Waals surface area contributed by atoms with Crippen molar-refractivity contribution in [1.29, 1.82) is 0 Å². The van der Waals surface area contributed by atoms with Crippen molar-refractivity contribution in [3.05, 3.63) is 35.5 Å². The molecule has 0 unspecified atom stereocenters. The maximum atomic E-state index is 10.3. The molecular formula is C15H22O2. The quantitative estimate of drug-likeness (QED) is 0.353. The third kappa shape index (κ3) is 3.67. The van der Waals surface area contributed by atoms with Crippen LogP contribution < -0.4 is 0 Å². The van der Waals surface area contributed by atoms with Gasteiger partial charge in [0.15, 0.2) is 0 Å². The number of aldehydes is 1. The molecule has 94 valence electrons. The van der Waals surface area contributed by atoms with Gasteiger partial charge in [-0.25, -0.2) is 0 Å².